The van der Waals surface area contributed by atoms with Gasteiger partial charge in [-0.05, 0) is 43.4 Å². The number of rotatable bonds is 7. The standard InChI is InChI=1S/C19H28N2O3/c1-2-12-20-18(23)16-5-3-4-6-17(16)19(24)21-13-11-14-7-9-15(22)10-8-14/h7-10,16-17,22H,2-6,11-13H2,1H3,(H,20,23)(H,21,24)/t16-,17+/m1/s1. The highest BCUT2D eigenvalue weighted by Crippen LogP contribution is 2.30. The average Bonchev–Trinajstić information content (AvgIpc) is 2.61. The zero-order valence-electron chi connectivity index (χ0n) is 14.4. The first-order chi connectivity index (χ1) is 11.6. The second kappa shape index (κ2) is 9.30. The van der Waals surface area contributed by atoms with Crippen molar-refractivity contribution < 1.29 is 14.7 Å². The topological polar surface area (TPSA) is 78.4 Å². The number of aromatic hydroxyl groups is 1. The van der Waals surface area contributed by atoms with Crippen LogP contribution in [-0.2, 0) is 16.0 Å². The monoisotopic (exact) mass is 332 g/mol. The van der Waals surface area contributed by atoms with Gasteiger partial charge in [0.2, 0.25) is 11.8 Å². The molecule has 1 aliphatic rings. The Bertz CT molecular complexity index is 542. The summed E-state index contributed by atoms with van der Waals surface area (Å²) in [5, 5.41) is 15.2. The van der Waals surface area contributed by atoms with Crippen molar-refractivity contribution >= 4 is 11.8 Å². The van der Waals surface area contributed by atoms with Crippen LogP contribution in [-0.4, -0.2) is 30.0 Å². The number of phenols is 1. The Morgan fingerprint density at radius 1 is 1.00 bits per heavy atom. The molecule has 0 spiro atoms. The summed E-state index contributed by atoms with van der Waals surface area (Å²) >= 11 is 0. The van der Waals surface area contributed by atoms with Crippen molar-refractivity contribution in [3.63, 3.8) is 0 Å². The number of nitrogens with one attached hydrogen (secondary N) is 2. The molecule has 3 N–H and O–H groups in total. The van der Waals surface area contributed by atoms with Gasteiger partial charge in [-0.1, -0.05) is 31.9 Å². The number of carbonyl (C=O) groups is 2. The van der Waals surface area contributed by atoms with Crippen LogP contribution in [0.4, 0.5) is 0 Å². The van der Waals surface area contributed by atoms with E-state index < -0.39 is 0 Å². The predicted octanol–water partition coefficient (Wildman–Crippen LogP) is 2.38. The van der Waals surface area contributed by atoms with E-state index in [2.05, 4.69) is 10.6 Å². The van der Waals surface area contributed by atoms with E-state index in [4.69, 9.17) is 0 Å². The number of amides is 2. The zero-order valence-corrected chi connectivity index (χ0v) is 14.4. The van der Waals surface area contributed by atoms with Crippen LogP contribution in [0.15, 0.2) is 24.3 Å². The fraction of sp³-hybridized carbons (Fsp3) is 0.579. The Labute approximate surface area is 143 Å². The van der Waals surface area contributed by atoms with Crippen molar-refractivity contribution in [1.29, 1.82) is 0 Å². The van der Waals surface area contributed by atoms with Gasteiger partial charge < -0.3 is 15.7 Å². The van der Waals surface area contributed by atoms with Crippen LogP contribution in [0.2, 0.25) is 0 Å². The lowest BCUT2D eigenvalue weighted by Gasteiger charge is -2.29. The summed E-state index contributed by atoms with van der Waals surface area (Å²) in [4.78, 5) is 24.8. The normalized spacial score (nSPS) is 20.4. The predicted molar refractivity (Wildman–Crippen MR) is 93.6 cm³/mol. The first-order valence-corrected chi connectivity index (χ1v) is 8.95. The molecule has 0 unspecified atom stereocenters. The molecule has 0 bridgehead atoms. The Morgan fingerprint density at radius 3 is 2.08 bits per heavy atom. The summed E-state index contributed by atoms with van der Waals surface area (Å²) in [7, 11) is 0. The SMILES string of the molecule is CCCNC(=O)[C@@H]1CCCC[C@@H]1C(=O)NCCc1ccc(O)cc1. The van der Waals surface area contributed by atoms with Crippen molar-refractivity contribution in [2.75, 3.05) is 13.1 Å². The van der Waals surface area contributed by atoms with E-state index in [-0.39, 0.29) is 29.4 Å². The molecule has 1 fully saturated rings. The van der Waals surface area contributed by atoms with E-state index in [1.807, 2.05) is 19.1 Å². The summed E-state index contributed by atoms with van der Waals surface area (Å²) < 4.78 is 0. The molecule has 2 amide bonds. The minimum absolute atomic E-state index is 0.00914. The number of hydrogen-bond acceptors (Lipinski definition) is 3. The van der Waals surface area contributed by atoms with E-state index in [9.17, 15) is 14.7 Å². The van der Waals surface area contributed by atoms with Crippen LogP contribution in [0, 0.1) is 11.8 Å². The molecule has 0 aromatic heterocycles. The molecule has 1 aromatic carbocycles. The summed E-state index contributed by atoms with van der Waals surface area (Å²) in [6.07, 6.45) is 5.23. The summed E-state index contributed by atoms with van der Waals surface area (Å²) in [5.41, 5.74) is 1.06. The maximum absolute atomic E-state index is 12.5. The summed E-state index contributed by atoms with van der Waals surface area (Å²) in [6.45, 7) is 3.24. The van der Waals surface area contributed by atoms with Gasteiger partial charge in [0.15, 0.2) is 0 Å². The first kappa shape index (κ1) is 18.3. The molecular formula is C19H28N2O3. The summed E-state index contributed by atoms with van der Waals surface area (Å²) in [5.74, 6) is -0.152. The van der Waals surface area contributed by atoms with Gasteiger partial charge in [-0.3, -0.25) is 9.59 Å². The van der Waals surface area contributed by atoms with Gasteiger partial charge in [0.05, 0.1) is 0 Å². The molecule has 5 nitrogen and oxygen atoms in total. The van der Waals surface area contributed by atoms with E-state index in [1.54, 1.807) is 12.1 Å². The number of carbonyl (C=O) groups excluding carboxylic acids is 2. The average molecular weight is 332 g/mol. The van der Waals surface area contributed by atoms with Gasteiger partial charge >= 0.3 is 0 Å². The third-order valence-corrected chi connectivity index (χ3v) is 4.64. The van der Waals surface area contributed by atoms with E-state index >= 15 is 0 Å². The molecule has 132 valence electrons. The number of phenolic OH excluding ortho intramolecular Hbond substituents is 1. The fourth-order valence-corrected chi connectivity index (χ4v) is 3.26. The van der Waals surface area contributed by atoms with Gasteiger partial charge in [-0.2, -0.15) is 0 Å². The van der Waals surface area contributed by atoms with Gasteiger partial charge in [-0.15, -0.1) is 0 Å². The Hall–Kier alpha value is -2.04. The van der Waals surface area contributed by atoms with Crippen LogP contribution in [0.5, 0.6) is 5.75 Å². The number of benzene rings is 1. The Kier molecular flexibility index (Phi) is 7.09. The fourth-order valence-electron chi connectivity index (χ4n) is 3.26. The molecule has 0 radical (unpaired) electrons. The highest BCUT2D eigenvalue weighted by atomic mass is 16.3. The maximum Gasteiger partial charge on any atom is 0.223 e. The maximum atomic E-state index is 12.5. The van der Waals surface area contributed by atoms with Crippen LogP contribution < -0.4 is 10.6 Å². The van der Waals surface area contributed by atoms with E-state index in [0.717, 1.165) is 37.7 Å². The van der Waals surface area contributed by atoms with Crippen molar-refractivity contribution in [1.82, 2.24) is 10.6 Å². The minimum atomic E-state index is -0.213. The van der Waals surface area contributed by atoms with Crippen LogP contribution in [0.25, 0.3) is 0 Å². The third kappa shape index (κ3) is 5.25. The third-order valence-electron chi connectivity index (χ3n) is 4.64. The summed E-state index contributed by atoms with van der Waals surface area (Å²) in [6, 6.07) is 6.99. The lowest BCUT2D eigenvalue weighted by molar-refractivity contribution is -0.136. The molecule has 0 saturated heterocycles. The largest absolute Gasteiger partial charge is 0.508 e. The van der Waals surface area contributed by atoms with Crippen LogP contribution in [0.1, 0.15) is 44.6 Å². The molecule has 0 aliphatic heterocycles. The quantitative estimate of drug-likeness (QED) is 0.717. The zero-order chi connectivity index (χ0) is 17.4. The van der Waals surface area contributed by atoms with E-state index in [0.29, 0.717) is 19.5 Å². The lowest BCUT2D eigenvalue weighted by atomic mass is 9.78. The smallest absolute Gasteiger partial charge is 0.223 e. The molecular weight excluding hydrogens is 304 g/mol. The second-order valence-corrected chi connectivity index (χ2v) is 6.50. The second-order valence-electron chi connectivity index (χ2n) is 6.50. The van der Waals surface area contributed by atoms with Gasteiger partial charge in [0, 0.05) is 24.9 Å². The van der Waals surface area contributed by atoms with Gasteiger partial charge in [0.1, 0.15) is 5.75 Å². The molecule has 1 saturated carbocycles. The first-order valence-electron chi connectivity index (χ1n) is 8.95. The number of hydrogen-bond donors (Lipinski definition) is 3. The van der Waals surface area contributed by atoms with Crippen LogP contribution >= 0.6 is 0 Å². The lowest BCUT2D eigenvalue weighted by Crippen LogP contribution is -2.44. The molecule has 1 aromatic rings. The molecule has 24 heavy (non-hydrogen) atoms. The van der Waals surface area contributed by atoms with Crippen LogP contribution in [0.3, 0.4) is 0 Å². The highest BCUT2D eigenvalue weighted by molar-refractivity contribution is 5.87. The van der Waals surface area contributed by atoms with Gasteiger partial charge in [0.25, 0.3) is 0 Å². The highest BCUT2D eigenvalue weighted by Gasteiger charge is 2.35. The molecule has 1 aliphatic carbocycles. The molecule has 2 atom stereocenters. The Balaban J connectivity index is 1.84. The van der Waals surface area contributed by atoms with Crippen molar-refractivity contribution in [3.8, 4) is 5.75 Å². The minimum Gasteiger partial charge on any atom is -0.508 e. The van der Waals surface area contributed by atoms with E-state index in [1.165, 1.54) is 0 Å². The van der Waals surface area contributed by atoms with Crippen molar-refractivity contribution in [2.45, 2.75) is 45.4 Å². The molecule has 0 heterocycles. The van der Waals surface area contributed by atoms with Crippen molar-refractivity contribution in [3.05, 3.63) is 29.8 Å². The molecule has 2 rings (SSSR count). The Morgan fingerprint density at radius 2 is 1.54 bits per heavy atom. The van der Waals surface area contributed by atoms with Crippen molar-refractivity contribution in [2.24, 2.45) is 11.8 Å². The van der Waals surface area contributed by atoms with Gasteiger partial charge in [-0.25, -0.2) is 0 Å². The molecule has 5 heteroatoms.